The number of pyridine rings is 1. The summed E-state index contributed by atoms with van der Waals surface area (Å²) in [6.45, 7) is 3.70. The number of hydrogen-bond donors (Lipinski definition) is 2. The quantitative estimate of drug-likeness (QED) is 0.580. The number of aromatic nitrogens is 1. The van der Waals surface area contributed by atoms with E-state index in [1.54, 1.807) is 21.0 Å². The lowest BCUT2D eigenvalue weighted by Gasteiger charge is -2.09. The Morgan fingerprint density at radius 1 is 1.15 bits per heavy atom. The summed E-state index contributed by atoms with van der Waals surface area (Å²) in [7, 11) is 3.45. The number of ether oxygens (including phenoxy) is 2. The molecule has 10 heteroatoms. The number of halogens is 3. The monoisotopic (exact) mass is 377 g/mol. The summed E-state index contributed by atoms with van der Waals surface area (Å²) in [5.41, 5.74) is -1.78. The topological polar surface area (TPSA) is 89.5 Å². The van der Waals surface area contributed by atoms with Crippen LogP contribution in [0.3, 0.4) is 0 Å². The van der Waals surface area contributed by atoms with Crippen LogP contribution in [0, 0.1) is 0 Å². The van der Waals surface area contributed by atoms with Gasteiger partial charge in [-0.2, -0.15) is 13.2 Å². The number of rotatable bonds is 6. The first-order valence-corrected chi connectivity index (χ1v) is 7.64. The van der Waals surface area contributed by atoms with Crippen LogP contribution >= 0.6 is 0 Å². The second-order valence-corrected chi connectivity index (χ2v) is 4.43. The van der Waals surface area contributed by atoms with Crippen molar-refractivity contribution in [1.82, 2.24) is 15.6 Å². The third-order valence-corrected chi connectivity index (χ3v) is 2.66. The Kier molecular flexibility index (Phi) is 10.5. The van der Waals surface area contributed by atoms with Crippen molar-refractivity contribution in [3.05, 3.63) is 41.5 Å². The average molecular weight is 377 g/mol. The number of hydrogen-bond acceptors (Lipinski definition) is 7. The van der Waals surface area contributed by atoms with Crippen LogP contribution in [0.5, 0.6) is 0 Å². The zero-order valence-corrected chi connectivity index (χ0v) is 14.9. The third-order valence-electron chi connectivity index (χ3n) is 2.66. The third kappa shape index (κ3) is 8.36. The van der Waals surface area contributed by atoms with Gasteiger partial charge in [-0.3, -0.25) is 4.98 Å². The zero-order valence-electron chi connectivity index (χ0n) is 14.9. The average Bonchev–Trinajstić information content (AvgIpc) is 2.60. The number of nitrogens with zero attached hydrogens (tertiary/aromatic N) is 1. The Labute approximate surface area is 149 Å². The Balaban J connectivity index is 0.000000508. The van der Waals surface area contributed by atoms with Crippen molar-refractivity contribution in [3.8, 4) is 0 Å². The van der Waals surface area contributed by atoms with Crippen LogP contribution in [0.1, 0.15) is 29.9 Å². The van der Waals surface area contributed by atoms with Crippen LogP contribution < -0.4 is 10.6 Å². The molecule has 0 saturated carbocycles. The van der Waals surface area contributed by atoms with Crippen molar-refractivity contribution in [1.29, 1.82) is 0 Å². The van der Waals surface area contributed by atoms with E-state index >= 15 is 0 Å². The van der Waals surface area contributed by atoms with Crippen LogP contribution in [-0.4, -0.2) is 44.2 Å². The predicted molar refractivity (Wildman–Crippen MR) is 88.0 cm³/mol. The molecule has 0 spiro atoms. The first-order chi connectivity index (χ1) is 12.2. The first-order valence-electron chi connectivity index (χ1n) is 7.64. The van der Waals surface area contributed by atoms with E-state index in [4.69, 9.17) is 0 Å². The molecule has 2 N–H and O–H groups in total. The predicted octanol–water partition coefficient (Wildman–Crippen LogP) is 2.11. The van der Waals surface area contributed by atoms with E-state index in [9.17, 15) is 22.8 Å². The fourth-order valence-corrected chi connectivity index (χ4v) is 1.58. The highest BCUT2D eigenvalue weighted by molar-refractivity contribution is 5.90. The van der Waals surface area contributed by atoms with Crippen LogP contribution in [0.25, 0.3) is 0 Å². The molecule has 1 rings (SSSR count). The maximum absolute atomic E-state index is 12.4. The van der Waals surface area contributed by atoms with Gasteiger partial charge in [0.05, 0.1) is 24.9 Å². The highest BCUT2D eigenvalue weighted by Gasteiger charge is 2.37. The van der Waals surface area contributed by atoms with Gasteiger partial charge in [-0.15, -0.1) is 0 Å². The number of carbonyl (C=O) groups excluding carboxylic acids is 2. The van der Waals surface area contributed by atoms with E-state index in [0.717, 1.165) is 12.3 Å². The molecule has 0 aliphatic heterocycles. The molecule has 1 aromatic heterocycles. The molecule has 0 fully saturated rings. The molecule has 7 nitrogen and oxygen atoms in total. The minimum absolute atomic E-state index is 0.0189. The van der Waals surface area contributed by atoms with Crippen molar-refractivity contribution in [3.63, 3.8) is 0 Å². The minimum atomic E-state index is -4.65. The van der Waals surface area contributed by atoms with Crippen molar-refractivity contribution in [2.24, 2.45) is 0 Å². The smallest absolute Gasteiger partial charge is 0.434 e. The summed E-state index contributed by atoms with van der Waals surface area (Å²) in [6.07, 6.45) is -2.31. The summed E-state index contributed by atoms with van der Waals surface area (Å²) in [6, 6.07) is 2.29. The van der Waals surface area contributed by atoms with E-state index in [1.807, 2.05) is 0 Å². The standard InChI is InChI=1S/C9H8F3NO2.C7H14N2O2/c1-2-15-8(14)6-4-3-5-13-7(6)9(10,11)12;1-4-11-7(10)5-6(8-2)9-3/h3-5H,2H2,1H3;5,8-9H,4H2,1-3H3. The molecular formula is C16H22F3N3O4. The van der Waals surface area contributed by atoms with Gasteiger partial charge >= 0.3 is 18.1 Å². The fourth-order valence-electron chi connectivity index (χ4n) is 1.58. The number of esters is 2. The molecule has 26 heavy (non-hydrogen) atoms. The van der Waals surface area contributed by atoms with Crippen molar-refractivity contribution in [2.45, 2.75) is 20.0 Å². The van der Waals surface area contributed by atoms with Crippen molar-refractivity contribution >= 4 is 11.9 Å². The van der Waals surface area contributed by atoms with Crippen LogP contribution in [-0.2, 0) is 20.4 Å². The Morgan fingerprint density at radius 2 is 1.73 bits per heavy atom. The van der Waals surface area contributed by atoms with E-state index in [2.05, 4.69) is 25.1 Å². The van der Waals surface area contributed by atoms with Crippen molar-refractivity contribution in [2.75, 3.05) is 27.3 Å². The summed E-state index contributed by atoms with van der Waals surface area (Å²) in [5, 5.41) is 5.58. The molecular weight excluding hydrogens is 355 g/mol. The number of alkyl halides is 3. The maximum Gasteiger partial charge on any atom is 0.434 e. The van der Waals surface area contributed by atoms with Crippen LogP contribution in [0.15, 0.2) is 30.2 Å². The minimum Gasteiger partial charge on any atom is -0.463 e. The molecule has 0 atom stereocenters. The van der Waals surface area contributed by atoms with E-state index in [0.29, 0.717) is 12.4 Å². The second kappa shape index (κ2) is 11.7. The van der Waals surface area contributed by atoms with E-state index < -0.39 is 23.4 Å². The van der Waals surface area contributed by atoms with Gasteiger partial charge in [0.25, 0.3) is 0 Å². The summed E-state index contributed by atoms with van der Waals surface area (Å²) < 4.78 is 46.3. The van der Waals surface area contributed by atoms with Gasteiger partial charge in [-0.1, -0.05) is 0 Å². The summed E-state index contributed by atoms with van der Waals surface area (Å²) >= 11 is 0. The van der Waals surface area contributed by atoms with E-state index in [1.165, 1.54) is 19.1 Å². The van der Waals surface area contributed by atoms with Crippen LogP contribution in [0.4, 0.5) is 13.2 Å². The first kappa shape index (κ1) is 23.2. The van der Waals surface area contributed by atoms with Gasteiger partial charge in [-0.25, -0.2) is 9.59 Å². The Bertz CT molecular complexity index is 613. The molecule has 0 aliphatic rings. The molecule has 0 aromatic carbocycles. The lowest BCUT2D eigenvalue weighted by Crippen LogP contribution is -2.21. The molecule has 0 aliphatic carbocycles. The van der Waals surface area contributed by atoms with Gasteiger partial charge in [0.2, 0.25) is 0 Å². The molecule has 146 valence electrons. The normalized spacial score (nSPS) is 9.96. The van der Waals surface area contributed by atoms with Crippen molar-refractivity contribution < 1.29 is 32.2 Å². The number of nitrogens with one attached hydrogen (secondary N) is 2. The molecule has 0 unspecified atom stereocenters. The van der Waals surface area contributed by atoms with Gasteiger partial charge in [-0.05, 0) is 26.0 Å². The largest absolute Gasteiger partial charge is 0.463 e. The summed E-state index contributed by atoms with van der Waals surface area (Å²) in [5.74, 6) is -0.715. The zero-order chi connectivity index (χ0) is 20.2. The Hall–Kier alpha value is -2.78. The molecule has 1 heterocycles. The second-order valence-electron chi connectivity index (χ2n) is 4.43. The lowest BCUT2D eigenvalue weighted by molar-refractivity contribution is -0.141. The van der Waals surface area contributed by atoms with E-state index in [-0.39, 0.29) is 12.6 Å². The molecule has 1 aromatic rings. The van der Waals surface area contributed by atoms with Gasteiger partial charge in [0, 0.05) is 20.3 Å². The molecule has 0 radical (unpaired) electrons. The van der Waals surface area contributed by atoms with Gasteiger partial charge < -0.3 is 20.1 Å². The maximum atomic E-state index is 12.4. The van der Waals surface area contributed by atoms with Gasteiger partial charge in [0.1, 0.15) is 5.82 Å². The highest BCUT2D eigenvalue weighted by atomic mass is 19.4. The lowest BCUT2D eigenvalue weighted by atomic mass is 10.2. The van der Waals surface area contributed by atoms with Crippen LogP contribution in [0.2, 0.25) is 0 Å². The molecule has 0 saturated heterocycles. The molecule has 0 amide bonds. The summed E-state index contributed by atoms with van der Waals surface area (Å²) in [4.78, 5) is 25.1. The number of carbonyl (C=O) groups is 2. The Morgan fingerprint density at radius 3 is 2.19 bits per heavy atom. The fraction of sp³-hybridized carbons (Fsp3) is 0.438. The molecule has 0 bridgehead atoms. The van der Waals surface area contributed by atoms with Gasteiger partial charge in [0.15, 0.2) is 5.69 Å². The SMILES string of the molecule is CCOC(=O)C=C(NC)NC.CCOC(=O)c1cccnc1C(F)(F)F. The highest BCUT2D eigenvalue weighted by Crippen LogP contribution is 2.30.